The van der Waals surface area contributed by atoms with Crippen LogP contribution >= 0.6 is 0 Å². The minimum absolute atomic E-state index is 0.187. The van der Waals surface area contributed by atoms with Gasteiger partial charge < -0.3 is 11.1 Å². The first-order valence-electron chi connectivity index (χ1n) is 7.23. The maximum absolute atomic E-state index is 11.7. The van der Waals surface area contributed by atoms with Crippen molar-refractivity contribution in [3.8, 4) is 0 Å². The first kappa shape index (κ1) is 14.1. The Hall–Kier alpha value is -1.35. The molecule has 0 aromatic heterocycles. The molecule has 3 heteroatoms. The zero-order chi connectivity index (χ0) is 13.7. The summed E-state index contributed by atoms with van der Waals surface area (Å²) >= 11 is 0. The molecule has 0 aliphatic heterocycles. The topological polar surface area (TPSA) is 55.1 Å². The smallest absolute Gasteiger partial charge is 0.234 e. The van der Waals surface area contributed by atoms with E-state index in [2.05, 4.69) is 24.4 Å². The van der Waals surface area contributed by atoms with Crippen molar-refractivity contribution in [1.82, 2.24) is 5.32 Å². The highest BCUT2D eigenvalue weighted by Gasteiger charge is 2.29. The Kier molecular flexibility index (Phi) is 4.97. The number of nitrogens with one attached hydrogen (secondary N) is 1. The fourth-order valence-electron chi connectivity index (χ4n) is 2.94. The number of benzene rings is 1. The van der Waals surface area contributed by atoms with Crippen LogP contribution < -0.4 is 11.1 Å². The highest BCUT2D eigenvalue weighted by molar-refractivity contribution is 5.80. The molecule has 1 atom stereocenters. The van der Waals surface area contributed by atoms with Gasteiger partial charge in [0.25, 0.3) is 0 Å². The van der Waals surface area contributed by atoms with Crippen LogP contribution in [-0.4, -0.2) is 11.9 Å². The molecule has 0 saturated heterocycles. The molecule has 1 amide bonds. The molecular formula is C16H24N2O. The molecular weight excluding hydrogens is 236 g/mol. The molecule has 1 aliphatic carbocycles. The summed E-state index contributed by atoms with van der Waals surface area (Å²) in [6, 6.07) is 9.96. The van der Waals surface area contributed by atoms with Gasteiger partial charge in [0, 0.05) is 6.54 Å². The minimum atomic E-state index is -0.213. The highest BCUT2D eigenvalue weighted by Crippen LogP contribution is 2.30. The molecule has 0 bridgehead atoms. The summed E-state index contributed by atoms with van der Waals surface area (Å²) in [7, 11) is 0. The molecule has 1 aromatic carbocycles. The Labute approximate surface area is 115 Å². The van der Waals surface area contributed by atoms with E-state index < -0.39 is 0 Å². The number of rotatable bonds is 5. The Morgan fingerprint density at radius 3 is 2.47 bits per heavy atom. The van der Waals surface area contributed by atoms with Crippen LogP contribution in [0.4, 0.5) is 0 Å². The molecule has 2 rings (SSSR count). The number of hydrogen-bond donors (Lipinski definition) is 2. The summed E-state index contributed by atoms with van der Waals surface area (Å²) in [6.45, 7) is 2.99. The summed E-state index contributed by atoms with van der Waals surface area (Å²) in [5.74, 6) is 0.979. The number of carbonyl (C=O) groups excluding carboxylic acids is 1. The molecule has 19 heavy (non-hydrogen) atoms. The van der Waals surface area contributed by atoms with Gasteiger partial charge in [-0.05, 0) is 30.2 Å². The van der Waals surface area contributed by atoms with Crippen LogP contribution in [0.15, 0.2) is 30.3 Å². The molecule has 0 heterocycles. The van der Waals surface area contributed by atoms with E-state index in [1.54, 1.807) is 0 Å². The number of carbonyl (C=O) groups is 1. The summed E-state index contributed by atoms with van der Waals surface area (Å²) in [4.78, 5) is 11.7. The maximum atomic E-state index is 11.7. The summed E-state index contributed by atoms with van der Waals surface area (Å²) in [5, 5.41) is 3.35. The number of amides is 1. The molecule has 1 aromatic rings. The van der Waals surface area contributed by atoms with Gasteiger partial charge in [0.05, 0.1) is 6.04 Å². The monoisotopic (exact) mass is 260 g/mol. The van der Waals surface area contributed by atoms with Gasteiger partial charge >= 0.3 is 0 Å². The van der Waals surface area contributed by atoms with Gasteiger partial charge in [-0.25, -0.2) is 0 Å². The van der Waals surface area contributed by atoms with Crippen molar-refractivity contribution in [2.24, 2.45) is 17.6 Å². The van der Waals surface area contributed by atoms with Crippen molar-refractivity contribution in [2.45, 2.75) is 45.2 Å². The van der Waals surface area contributed by atoms with Crippen molar-refractivity contribution in [1.29, 1.82) is 0 Å². The largest absolute Gasteiger partial charge is 0.368 e. The Balaban J connectivity index is 1.91. The van der Waals surface area contributed by atoms with Gasteiger partial charge in [-0.3, -0.25) is 4.79 Å². The number of hydrogen-bond acceptors (Lipinski definition) is 2. The van der Waals surface area contributed by atoms with Gasteiger partial charge in [0.15, 0.2) is 0 Å². The van der Waals surface area contributed by atoms with Crippen LogP contribution in [-0.2, 0) is 11.3 Å². The molecule has 3 nitrogen and oxygen atoms in total. The molecule has 1 fully saturated rings. The average molecular weight is 260 g/mol. The van der Waals surface area contributed by atoms with Crippen molar-refractivity contribution >= 4 is 5.91 Å². The molecule has 1 saturated carbocycles. The second-order valence-electron chi connectivity index (χ2n) is 5.77. The lowest BCUT2D eigenvalue weighted by Gasteiger charge is -2.31. The standard InChI is InChI=1S/C16H24N2O/c1-12-7-9-14(10-8-12)15(16(17)19)18-11-13-5-3-2-4-6-13/h2-6,12,14-15,18H,7-11H2,1H3,(H2,17,19). The molecule has 0 radical (unpaired) electrons. The maximum Gasteiger partial charge on any atom is 0.234 e. The molecule has 104 valence electrons. The number of nitrogens with two attached hydrogens (primary N) is 1. The van der Waals surface area contributed by atoms with E-state index >= 15 is 0 Å². The van der Waals surface area contributed by atoms with E-state index in [9.17, 15) is 4.79 Å². The van der Waals surface area contributed by atoms with Gasteiger partial charge in [-0.2, -0.15) is 0 Å². The second-order valence-corrected chi connectivity index (χ2v) is 5.77. The Morgan fingerprint density at radius 1 is 1.26 bits per heavy atom. The van der Waals surface area contributed by atoms with E-state index in [0.29, 0.717) is 12.5 Å². The Morgan fingerprint density at radius 2 is 1.89 bits per heavy atom. The van der Waals surface area contributed by atoms with Crippen molar-refractivity contribution in [2.75, 3.05) is 0 Å². The van der Waals surface area contributed by atoms with Crippen molar-refractivity contribution in [3.05, 3.63) is 35.9 Å². The third kappa shape index (κ3) is 4.06. The molecule has 1 unspecified atom stereocenters. The zero-order valence-corrected chi connectivity index (χ0v) is 11.6. The third-order valence-corrected chi connectivity index (χ3v) is 4.21. The van der Waals surface area contributed by atoms with Crippen LogP contribution in [0.1, 0.15) is 38.2 Å². The van der Waals surface area contributed by atoms with E-state index in [-0.39, 0.29) is 11.9 Å². The van der Waals surface area contributed by atoms with Crippen LogP contribution in [0.3, 0.4) is 0 Å². The van der Waals surface area contributed by atoms with Crippen LogP contribution in [0.5, 0.6) is 0 Å². The fourth-order valence-corrected chi connectivity index (χ4v) is 2.94. The van der Waals surface area contributed by atoms with E-state index in [0.717, 1.165) is 18.8 Å². The third-order valence-electron chi connectivity index (χ3n) is 4.21. The van der Waals surface area contributed by atoms with Gasteiger partial charge in [-0.1, -0.05) is 50.1 Å². The van der Waals surface area contributed by atoms with E-state index in [1.165, 1.54) is 18.4 Å². The summed E-state index contributed by atoms with van der Waals surface area (Å²) in [6.07, 6.45) is 4.63. The lowest BCUT2D eigenvalue weighted by atomic mass is 9.79. The lowest BCUT2D eigenvalue weighted by molar-refractivity contribution is -0.121. The van der Waals surface area contributed by atoms with Gasteiger partial charge in [0.1, 0.15) is 0 Å². The number of primary amides is 1. The highest BCUT2D eigenvalue weighted by atomic mass is 16.1. The van der Waals surface area contributed by atoms with Crippen molar-refractivity contribution in [3.63, 3.8) is 0 Å². The average Bonchev–Trinajstić information content (AvgIpc) is 2.42. The van der Waals surface area contributed by atoms with Crippen molar-refractivity contribution < 1.29 is 4.79 Å². The van der Waals surface area contributed by atoms with Gasteiger partial charge in [-0.15, -0.1) is 0 Å². The van der Waals surface area contributed by atoms with Crippen LogP contribution in [0.2, 0.25) is 0 Å². The predicted molar refractivity (Wildman–Crippen MR) is 77.4 cm³/mol. The molecule has 1 aliphatic rings. The summed E-state index contributed by atoms with van der Waals surface area (Å²) < 4.78 is 0. The van der Waals surface area contributed by atoms with E-state index in [1.807, 2.05) is 18.2 Å². The second kappa shape index (κ2) is 6.71. The van der Waals surface area contributed by atoms with Gasteiger partial charge in [0.2, 0.25) is 5.91 Å². The normalized spacial score (nSPS) is 24.9. The zero-order valence-electron chi connectivity index (χ0n) is 11.6. The first-order chi connectivity index (χ1) is 9.16. The SMILES string of the molecule is CC1CCC(C(NCc2ccccc2)C(N)=O)CC1. The van der Waals surface area contributed by atoms with E-state index in [4.69, 9.17) is 5.73 Å². The Bertz CT molecular complexity index is 396. The summed E-state index contributed by atoms with van der Waals surface area (Å²) in [5.41, 5.74) is 6.76. The first-order valence-corrected chi connectivity index (χ1v) is 7.23. The quantitative estimate of drug-likeness (QED) is 0.854. The molecule has 3 N–H and O–H groups in total. The fraction of sp³-hybridized carbons (Fsp3) is 0.562. The lowest BCUT2D eigenvalue weighted by Crippen LogP contribution is -2.47. The molecule has 0 spiro atoms. The van der Waals surface area contributed by atoms with Crippen LogP contribution in [0.25, 0.3) is 0 Å². The predicted octanol–water partition coefficient (Wildman–Crippen LogP) is 2.46. The minimum Gasteiger partial charge on any atom is -0.368 e. The van der Waals surface area contributed by atoms with Crippen LogP contribution in [0, 0.1) is 11.8 Å².